The number of pyridine rings is 1. The van der Waals surface area contributed by atoms with E-state index < -0.39 is 16.4 Å². The fourth-order valence-corrected chi connectivity index (χ4v) is 3.05. The van der Waals surface area contributed by atoms with Gasteiger partial charge in [0.25, 0.3) is 5.91 Å². The average molecular weight is 329 g/mol. The summed E-state index contributed by atoms with van der Waals surface area (Å²) in [5, 5.41) is 10.9. The minimum Gasteiger partial charge on any atom is -0.332 e. The second-order valence-electron chi connectivity index (χ2n) is 5.72. The van der Waals surface area contributed by atoms with E-state index in [9.17, 15) is 19.3 Å². The zero-order valence-corrected chi connectivity index (χ0v) is 12.9. The first-order valence-corrected chi connectivity index (χ1v) is 7.73. The molecule has 2 heterocycles. The molecule has 0 aliphatic carbocycles. The maximum Gasteiger partial charge on any atom is 0.305 e. The average Bonchev–Trinajstić information content (AvgIpc) is 2.62. The number of aromatic nitrogens is 1. The number of amides is 1. The zero-order valence-electron chi connectivity index (χ0n) is 12.9. The Morgan fingerprint density at radius 3 is 2.88 bits per heavy atom. The van der Waals surface area contributed by atoms with Gasteiger partial charge in [-0.25, -0.2) is 0 Å². The first-order valence-electron chi connectivity index (χ1n) is 7.73. The number of nitro groups is 1. The van der Waals surface area contributed by atoms with E-state index >= 15 is 0 Å². The lowest BCUT2D eigenvalue weighted by molar-refractivity contribution is -0.387. The molecule has 3 rings (SSSR count). The molecule has 1 saturated heterocycles. The first kappa shape index (κ1) is 16.0. The SMILES string of the molecule is O=C(c1ccc(F)c([N+](=O)[O-])c1)N1CCCC[C@@H]1c1cccnc1. The van der Waals surface area contributed by atoms with Gasteiger partial charge in [0.15, 0.2) is 0 Å². The molecule has 1 fully saturated rings. The number of nitro benzene ring substituents is 1. The van der Waals surface area contributed by atoms with Crippen LogP contribution in [0.15, 0.2) is 42.7 Å². The Morgan fingerprint density at radius 2 is 2.17 bits per heavy atom. The van der Waals surface area contributed by atoms with Gasteiger partial charge in [-0.1, -0.05) is 6.07 Å². The zero-order chi connectivity index (χ0) is 17.1. The highest BCUT2D eigenvalue weighted by molar-refractivity contribution is 5.95. The van der Waals surface area contributed by atoms with Crippen LogP contribution in [0.4, 0.5) is 10.1 Å². The number of hydrogen-bond donors (Lipinski definition) is 0. The van der Waals surface area contributed by atoms with Gasteiger partial charge in [0, 0.05) is 30.6 Å². The van der Waals surface area contributed by atoms with E-state index in [0.717, 1.165) is 37.0 Å². The molecule has 7 heteroatoms. The Balaban J connectivity index is 1.92. The van der Waals surface area contributed by atoms with Gasteiger partial charge in [-0.05, 0) is 43.0 Å². The van der Waals surface area contributed by atoms with E-state index in [1.807, 2.05) is 12.1 Å². The number of halogens is 1. The Morgan fingerprint density at radius 1 is 1.33 bits per heavy atom. The fraction of sp³-hybridized carbons (Fsp3) is 0.294. The highest BCUT2D eigenvalue weighted by Crippen LogP contribution is 2.32. The van der Waals surface area contributed by atoms with Crippen LogP contribution in [0.2, 0.25) is 0 Å². The van der Waals surface area contributed by atoms with Crippen LogP contribution in [0, 0.1) is 15.9 Å². The van der Waals surface area contributed by atoms with E-state index in [2.05, 4.69) is 4.98 Å². The summed E-state index contributed by atoms with van der Waals surface area (Å²) in [5.74, 6) is -1.27. The molecule has 124 valence electrons. The monoisotopic (exact) mass is 329 g/mol. The molecule has 0 N–H and O–H groups in total. The van der Waals surface area contributed by atoms with Crippen molar-refractivity contribution in [2.45, 2.75) is 25.3 Å². The summed E-state index contributed by atoms with van der Waals surface area (Å²) in [6.07, 6.45) is 6.06. The highest BCUT2D eigenvalue weighted by atomic mass is 19.1. The molecule has 1 amide bonds. The van der Waals surface area contributed by atoms with Crippen LogP contribution in [0.5, 0.6) is 0 Å². The lowest BCUT2D eigenvalue weighted by Crippen LogP contribution is -2.38. The van der Waals surface area contributed by atoms with Gasteiger partial charge in [0.05, 0.1) is 11.0 Å². The van der Waals surface area contributed by atoms with E-state index in [0.29, 0.717) is 6.54 Å². The molecule has 0 radical (unpaired) electrons. The molecule has 1 aromatic heterocycles. The summed E-state index contributed by atoms with van der Waals surface area (Å²) in [6, 6.07) is 6.87. The molecule has 6 nitrogen and oxygen atoms in total. The van der Waals surface area contributed by atoms with Crippen molar-refractivity contribution in [3.63, 3.8) is 0 Å². The van der Waals surface area contributed by atoms with Crippen molar-refractivity contribution < 1.29 is 14.1 Å². The van der Waals surface area contributed by atoms with Gasteiger partial charge in [-0.3, -0.25) is 19.9 Å². The molecule has 1 atom stereocenters. The standard InChI is InChI=1S/C17H16FN3O3/c18-14-7-6-12(10-16(14)21(23)24)17(22)20-9-2-1-5-15(20)13-4-3-8-19-11-13/h3-4,6-8,10-11,15H,1-2,5,9H2/t15-/m1/s1. The van der Waals surface area contributed by atoms with E-state index in [4.69, 9.17) is 0 Å². The first-order chi connectivity index (χ1) is 11.6. The second kappa shape index (κ2) is 6.74. The Hall–Kier alpha value is -2.83. The molecule has 2 aromatic rings. The summed E-state index contributed by atoms with van der Waals surface area (Å²) in [4.78, 5) is 28.7. The van der Waals surface area contributed by atoms with Gasteiger partial charge < -0.3 is 4.90 Å². The maximum atomic E-state index is 13.5. The highest BCUT2D eigenvalue weighted by Gasteiger charge is 2.30. The van der Waals surface area contributed by atoms with Crippen molar-refractivity contribution in [3.05, 3.63) is 69.8 Å². The molecular formula is C17H16FN3O3. The summed E-state index contributed by atoms with van der Waals surface area (Å²) in [7, 11) is 0. The van der Waals surface area contributed by atoms with E-state index in [1.54, 1.807) is 17.3 Å². The number of piperidine rings is 1. The molecule has 0 spiro atoms. The normalized spacial score (nSPS) is 17.5. The Labute approximate surface area is 138 Å². The summed E-state index contributed by atoms with van der Waals surface area (Å²) in [5.41, 5.74) is 0.372. The third-order valence-corrected chi connectivity index (χ3v) is 4.22. The molecule has 1 aliphatic heterocycles. The predicted molar refractivity (Wildman–Crippen MR) is 84.9 cm³/mol. The smallest absolute Gasteiger partial charge is 0.305 e. The summed E-state index contributed by atoms with van der Waals surface area (Å²) in [6.45, 7) is 0.559. The third-order valence-electron chi connectivity index (χ3n) is 4.22. The lowest BCUT2D eigenvalue weighted by atomic mass is 9.95. The molecule has 1 aromatic carbocycles. The number of hydrogen-bond acceptors (Lipinski definition) is 4. The van der Waals surface area contributed by atoms with Gasteiger partial charge in [0.1, 0.15) is 0 Å². The van der Waals surface area contributed by atoms with Crippen molar-refractivity contribution in [3.8, 4) is 0 Å². The van der Waals surface area contributed by atoms with Crippen LogP contribution in [0.25, 0.3) is 0 Å². The number of rotatable bonds is 3. The molecule has 0 bridgehead atoms. The molecule has 0 unspecified atom stereocenters. The van der Waals surface area contributed by atoms with Crippen LogP contribution in [-0.4, -0.2) is 27.3 Å². The van der Waals surface area contributed by atoms with E-state index in [1.165, 1.54) is 6.07 Å². The van der Waals surface area contributed by atoms with Crippen molar-refractivity contribution in [2.75, 3.05) is 6.54 Å². The molecule has 24 heavy (non-hydrogen) atoms. The minimum atomic E-state index is -0.945. The van der Waals surface area contributed by atoms with Crippen molar-refractivity contribution in [1.82, 2.24) is 9.88 Å². The predicted octanol–water partition coefficient (Wildman–Crippen LogP) is 3.50. The van der Waals surface area contributed by atoms with Crippen LogP contribution in [0.3, 0.4) is 0 Å². The number of nitrogens with zero attached hydrogens (tertiary/aromatic N) is 3. The quantitative estimate of drug-likeness (QED) is 0.638. The lowest BCUT2D eigenvalue weighted by Gasteiger charge is -2.36. The van der Waals surface area contributed by atoms with Crippen LogP contribution in [-0.2, 0) is 0 Å². The second-order valence-corrected chi connectivity index (χ2v) is 5.72. The Bertz CT molecular complexity index is 767. The molecule has 1 aliphatic rings. The largest absolute Gasteiger partial charge is 0.332 e. The van der Waals surface area contributed by atoms with Gasteiger partial charge >= 0.3 is 5.69 Å². The van der Waals surface area contributed by atoms with Crippen molar-refractivity contribution in [1.29, 1.82) is 0 Å². The van der Waals surface area contributed by atoms with Gasteiger partial charge in [-0.2, -0.15) is 4.39 Å². The molecule has 0 saturated carbocycles. The van der Waals surface area contributed by atoms with Gasteiger partial charge in [-0.15, -0.1) is 0 Å². The summed E-state index contributed by atoms with van der Waals surface area (Å²) < 4.78 is 13.5. The number of benzene rings is 1. The molecular weight excluding hydrogens is 313 g/mol. The van der Waals surface area contributed by atoms with Crippen LogP contribution < -0.4 is 0 Å². The Kier molecular flexibility index (Phi) is 4.50. The minimum absolute atomic E-state index is 0.121. The van der Waals surface area contributed by atoms with Gasteiger partial charge in [0.2, 0.25) is 5.82 Å². The topological polar surface area (TPSA) is 76.3 Å². The third kappa shape index (κ3) is 3.10. The fourth-order valence-electron chi connectivity index (χ4n) is 3.05. The number of carbonyl (C=O) groups is 1. The van der Waals surface area contributed by atoms with E-state index in [-0.39, 0.29) is 17.5 Å². The van der Waals surface area contributed by atoms with Crippen LogP contribution >= 0.6 is 0 Å². The van der Waals surface area contributed by atoms with Crippen molar-refractivity contribution in [2.24, 2.45) is 0 Å². The number of likely N-dealkylation sites (tertiary alicyclic amines) is 1. The number of carbonyl (C=O) groups excluding carboxylic acids is 1. The maximum absolute atomic E-state index is 13.5. The van der Waals surface area contributed by atoms with Crippen molar-refractivity contribution >= 4 is 11.6 Å². The van der Waals surface area contributed by atoms with Crippen LogP contribution in [0.1, 0.15) is 41.2 Å². The summed E-state index contributed by atoms with van der Waals surface area (Å²) >= 11 is 0.